The lowest BCUT2D eigenvalue weighted by molar-refractivity contribution is 1.07. The maximum Gasteiger partial charge on any atom is 0.0178 e. The van der Waals surface area contributed by atoms with Gasteiger partial charge in [-0.15, -0.1) is 0 Å². The van der Waals surface area contributed by atoms with Crippen molar-refractivity contribution in [2.75, 3.05) is 0 Å². The van der Waals surface area contributed by atoms with Crippen LogP contribution >= 0.6 is 0 Å². The maximum atomic E-state index is 5.42. The van der Waals surface area contributed by atoms with Crippen LogP contribution in [0.4, 0.5) is 0 Å². The van der Waals surface area contributed by atoms with Gasteiger partial charge in [0.15, 0.2) is 0 Å². The molecule has 1 aromatic carbocycles. The molecule has 0 atom stereocenters. The minimum atomic E-state index is 0.609. The van der Waals surface area contributed by atoms with Gasteiger partial charge in [0.25, 0.3) is 0 Å². The first-order valence-corrected chi connectivity index (χ1v) is 5.28. The third-order valence-electron chi connectivity index (χ3n) is 1.45. The van der Waals surface area contributed by atoms with E-state index in [1.54, 1.807) is 0 Å². The summed E-state index contributed by atoms with van der Waals surface area (Å²) >= 11 is 0. The molecule has 2 N–H and O–H groups in total. The fraction of sp³-hybridized carbons (Fsp3) is 0.385. The Labute approximate surface area is 88.6 Å². The molecule has 0 aromatic heterocycles. The van der Waals surface area contributed by atoms with E-state index in [4.69, 9.17) is 5.73 Å². The first-order chi connectivity index (χ1) is 6.86. The zero-order chi connectivity index (χ0) is 11.4. The second-order valence-corrected chi connectivity index (χ2v) is 2.15. The van der Waals surface area contributed by atoms with Gasteiger partial charge in [-0.1, -0.05) is 64.6 Å². The molecule has 14 heavy (non-hydrogen) atoms. The molecular weight excluding hydrogens is 170 g/mol. The van der Waals surface area contributed by atoms with Crippen LogP contribution in [0.2, 0.25) is 0 Å². The number of benzene rings is 1. The molecule has 0 aliphatic carbocycles. The third-order valence-corrected chi connectivity index (χ3v) is 1.45. The number of hydrogen-bond donors (Lipinski definition) is 1. The number of hydrogen-bond acceptors (Lipinski definition) is 1. The van der Waals surface area contributed by atoms with E-state index in [2.05, 4.69) is 6.58 Å². The first kappa shape index (κ1) is 15.4. The molecule has 1 heteroatoms. The average molecular weight is 193 g/mol. The largest absolute Gasteiger partial charge is 0.326 e. The summed E-state index contributed by atoms with van der Waals surface area (Å²) < 4.78 is 0. The highest BCUT2D eigenvalue weighted by molar-refractivity contribution is 5.47. The Morgan fingerprint density at radius 1 is 1.07 bits per heavy atom. The van der Waals surface area contributed by atoms with Crippen LogP contribution in [0.3, 0.4) is 0 Å². The molecule has 0 heterocycles. The molecule has 0 bridgehead atoms. The van der Waals surface area contributed by atoms with Crippen LogP contribution < -0.4 is 5.73 Å². The van der Waals surface area contributed by atoms with Crippen LogP contribution in [0.25, 0.3) is 6.08 Å². The Kier molecular flexibility index (Phi) is 13.1. The van der Waals surface area contributed by atoms with Crippen LogP contribution in [0.1, 0.15) is 38.8 Å². The second kappa shape index (κ2) is 11.9. The van der Waals surface area contributed by atoms with E-state index >= 15 is 0 Å². The number of nitrogens with two attached hydrogens (primary N) is 1. The van der Waals surface area contributed by atoms with Crippen molar-refractivity contribution in [3.05, 3.63) is 42.0 Å². The van der Waals surface area contributed by atoms with Gasteiger partial charge in [0.1, 0.15) is 0 Å². The molecule has 1 rings (SSSR count). The van der Waals surface area contributed by atoms with Crippen molar-refractivity contribution in [1.82, 2.24) is 0 Å². The van der Waals surface area contributed by atoms with E-state index in [1.807, 2.05) is 58.0 Å². The van der Waals surface area contributed by atoms with Gasteiger partial charge >= 0.3 is 0 Å². The topological polar surface area (TPSA) is 26.0 Å². The van der Waals surface area contributed by atoms with E-state index in [0.29, 0.717) is 6.54 Å². The standard InChI is InChI=1S/C9H11N.2C2H6/c1-2-8-3-5-9(7-10)6-4-8;2*1-2/h2-6H,1,7,10H2;2*1-2H3. The van der Waals surface area contributed by atoms with E-state index < -0.39 is 0 Å². The molecule has 0 unspecified atom stereocenters. The van der Waals surface area contributed by atoms with Gasteiger partial charge in [-0.3, -0.25) is 0 Å². The summed E-state index contributed by atoms with van der Waals surface area (Å²) in [5.74, 6) is 0. The lowest BCUT2D eigenvalue weighted by Gasteiger charge is -1.95. The normalized spacial score (nSPS) is 7.50. The molecule has 0 fully saturated rings. The maximum absolute atomic E-state index is 5.42. The summed E-state index contributed by atoms with van der Waals surface area (Å²) in [4.78, 5) is 0. The van der Waals surface area contributed by atoms with Crippen LogP contribution in [0.5, 0.6) is 0 Å². The lowest BCUT2D eigenvalue weighted by Crippen LogP contribution is -1.94. The highest BCUT2D eigenvalue weighted by Crippen LogP contribution is 2.03. The van der Waals surface area contributed by atoms with Crippen molar-refractivity contribution < 1.29 is 0 Å². The van der Waals surface area contributed by atoms with Crippen molar-refractivity contribution in [2.45, 2.75) is 34.2 Å². The molecule has 0 aliphatic heterocycles. The molecule has 0 spiro atoms. The van der Waals surface area contributed by atoms with E-state index in [-0.39, 0.29) is 0 Å². The fourth-order valence-electron chi connectivity index (χ4n) is 0.790. The SMILES string of the molecule is C=Cc1ccc(CN)cc1.CC.CC. The van der Waals surface area contributed by atoms with Crippen molar-refractivity contribution >= 4 is 6.08 Å². The van der Waals surface area contributed by atoms with Gasteiger partial charge in [0.05, 0.1) is 0 Å². The Bertz CT molecular complexity index is 211. The van der Waals surface area contributed by atoms with Gasteiger partial charge in [-0.05, 0) is 11.1 Å². The van der Waals surface area contributed by atoms with Crippen molar-refractivity contribution in [1.29, 1.82) is 0 Å². The molecule has 0 radical (unpaired) electrons. The highest BCUT2D eigenvalue weighted by Gasteiger charge is 1.86. The van der Waals surface area contributed by atoms with Gasteiger partial charge in [-0.25, -0.2) is 0 Å². The summed E-state index contributed by atoms with van der Waals surface area (Å²) in [6, 6.07) is 8.04. The van der Waals surface area contributed by atoms with Gasteiger partial charge in [-0.2, -0.15) is 0 Å². The predicted molar refractivity (Wildman–Crippen MR) is 67.1 cm³/mol. The smallest absolute Gasteiger partial charge is 0.0178 e. The van der Waals surface area contributed by atoms with Gasteiger partial charge < -0.3 is 5.73 Å². The Hall–Kier alpha value is -1.08. The lowest BCUT2D eigenvalue weighted by atomic mass is 10.1. The second-order valence-electron chi connectivity index (χ2n) is 2.15. The molecule has 1 aromatic rings. The number of rotatable bonds is 2. The third kappa shape index (κ3) is 6.44. The van der Waals surface area contributed by atoms with Crippen molar-refractivity contribution in [3.8, 4) is 0 Å². The van der Waals surface area contributed by atoms with Crippen molar-refractivity contribution in [3.63, 3.8) is 0 Å². The molecule has 0 aliphatic rings. The van der Waals surface area contributed by atoms with Crippen LogP contribution in [0, 0.1) is 0 Å². The van der Waals surface area contributed by atoms with Crippen LogP contribution in [0.15, 0.2) is 30.8 Å². The summed E-state index contributed by atoms with van der Waals surface area (Å²) in [5.41, 5.74) is 7.71. The van der Waals surface area contributed by atoms with Crippen LogP contribution in [-0.4, -0.2) is 0 Å². The molecule has 0 saturated heterocycles. The zero-order valence-electron chi connectivity index (χ0n) is 9.88. The fourth-order valence-corrected chi connectivity index (χ4v) is 0.790. The summed E-state index contributed by atoms with van der Waals surface area (Å²) in [5, 5.41) is 0. The van der Waals surface area contributed by atoms with Gasteiger partial charge in [0.2, 0.25) is 0 Å². The van der Waals surface area contributed by atoms with Gasteiger partial charge in [0, 0.05) is 6.54 Å². The van der Waals surface area contributed by atoms with E-state index in [0.717, 1.165) is 11.1 Å². The van der Waals surface area contributed by atoms with Crippen molar-refractivity contribution in [2.24, 2.45) is 5.73 Å². The molecule has 0 saturated carbocycles. The van der Waals surface area contributed by atoms with Crippen LogP contribution in [-0.2, 0) is 6.54 Å². The zero-order valence-corrected chi connectivity index (χ0v) is 9.88. The predicted octanol–water partition coefficient (Wildman–Crippen LogP) is 3.84. The summed E-state index contributed by atoms with van der Waals surface area (Å²) in [6.07, 6.45) is 1.82. The molecule has 1 nitrogen and oxygen atoms in total. The minimum Gasteiger partial charge on any atom is -0.326 e. The highest BCUT2D eigenvalue weighted by atomic mass is 14.5. The molecule has 80 valence electrons. The first-order valence-electron chi connectivity index (χ1n) is 5.28. The Morgan fingerprint density at radius 2 is 1.50 bits per heavy atom. The monoisotopic (exact) mass is 193 g/mol. The molecular formula is C13H23N. The quantitative estimate of drug-likeness (QED) is 0.758. The summed E-state index contributed by atoms with van der Waals surface area (Å²) in [7, 11) is 0. The Balaban J connectivity index is 0. The average Bonchev–Trinajstić information content (AvgIpc) is 2.34. The van der Waals surface area contributed by atoms with E-state index in [9.17, 15) is 0 Å². The minimum absolute atomic E-state index is 0.609. The summed E-state index contributed by atoms with van der Waals surface area (Å²) in [6.45, 7) is 12.3. The molecule has 0 amide bonds. The van der Waals surface area contributed by atoms with E-state index in [1.165, 1.54) is 0 Å². The Morgan fingerprint density at radius 3 is 1.79 bits per heavy atom.